The smallest absolute Gasteiger partial charge is 0.263 e. The number of anilines is 1. The van der Waals surface area contributed by atoms with Crippen LogP contribution in [0.25, 0.3) is 0 Å². The predicted molar refractivity (Wildman–Crippen MR) is 86.8 cm³/mol. The lowest BCUT2D eigenvalue weighted by Crippen LogP contribution is -2.14. The summed E-state index contributed by atoms with van der Waals surface area (Å²) in [6, 6.07) is 9.51. The zero-order chi connectivity index (χ0) is 16.5. The van der Waals surface area contributed by atoms with Crippen LogP contribution in [-0.4, -0.2) is 23.1 Å². The maximum atomic E-state index is 12.4. The van der Waals surface area contributed by atoms with Gasteiger partial charge in [-0.05, 0) is 42.5 Å². The molecule has 5 nitrogen and oxygen atoms in total. The van der Waals surface area contributed by atoms with Crippen LogP contribution in [-0.2, 0) is 19.9 Å². The first-order valence-electron chi connectivity index (χ1n) is 5.87. The fourth-order valence-electron chi connectivity index (χ4n) is 1.65. The molecule has 0 saturated heterocycles. The van der Waals surface area contributed by atoms with E-state index in [-0.39, 0.29) is 20.5 Å². The van der Waals surface area contributed by atoms with Crippen molar-refractivity contribution in [1.29, 1.82) is 0 Å². The summed E-state index contributed by atoms with van der Waals surface area (Å²) in [6.07, 6.45) is 0.985. The van der Waals surface area contributed by atoms with Gasteiger partial charge >= 0.3 is 0 Å². The topological polar surface area (TPSA) is 80.3 Å². The highest BCUT2D eigenvalue weighted by atomic mass is 35.5. The van der Waals surface area contributed by atoms with Gasteiger partial charge < -0.3 is 0 Å². The fourth-order valence-corrected chi connectivity index (χ4v) is 4.08. The van der Waals surface area contributed by atoms with Crippen molar-refractivity contribution in [3.05, 3.63) is 52.5 Å². The van der Waals surface area contributed by atoms with Gasteiger partial charge in [0, 0.05) is 17.0 Å². The van der Waals surface area contributed by atoms with Crippen molar-refractivity contribution in [2.24, 2.45) is 0 Å². The van der Waals surface area contributed by atoms with Crippen LogP contribution in [0, 0.1) is 0 Å². The first-order valence-corrected chi connectivity index (χ1v) is 10.0. The van der Waals surface area contributed by atoms with Gasteiger partial charge in [0.25, 0.3) is 10.0 Å². The molecule has 0 heterocycles. The maximum Gasteiger partial charge on any atom is 0.263 e. The van der Waals surface area contributed by atoms with Crippen molar-refractivity contribution in [3.8, 4) is 0 Å². The molecule has 0 aromatic heterocycles. The zero-order valence-corrected chi connectivity index (χ0v) is 14.4. The van der Waals surface area contributed by atoms with Gasteiger partial charge in [-0.25, -0.2) is 16.8 Å². The number of sulfonamides is 1. The van der Waals surface area contributed by atoms with Crippen LogP contribution in [0.4, 0.5) is 5.69 Å². The van der Waals surface area contributed by atoms with Crippen LogP contribution in [0.2, 0.25) is 10.0 Å². The molecule has 2 rings (SSSR count). The Hall–Kier alpha value is -1.28. The average molecular weight is 380 g/mol. The van der Waals surface area contributed by atoms with Gasteiger partial charge in [-0.1, -0.05) is 23.2 Å². The largest absolute Gasteiger partial charge is 0.280 e. The molecule has 9 heteroatoms. The molecule has 2 aromatic rings. The Morgan fingerprint density at radius 2 is 1.50 bits per heavy atom. The number of halogens is 2. The van der Waals surface area contributed by atoms with Gasteiger partial charge in [-0.2, -0.15) is 0 Å². The second-order valence-corrected chi connectivity index (χ2v) is 8.99. The van der Waals surface area contributed by atoms with Crippen molar-refractivity contribution in [2.75, 3.05) is 11.0 Å². The van der Waals surface area contributed by atoms with Crippen LogP contribution < -0.4 is 4.72 Å². The van der Waals surface area contributed by atoms with E-state index in [2.05, 4.69) is 4.72 Å². The van der Waals surface area contributed by atoms with Crippen LogP contribution in [0.3, 0.4) is 0 Å². The first-order chi connectivity index (χ1) is 10.1. The standard InChI is InChI=1S/C13H11Cl2NO4S2/c1-21(17,18)11-6-7-12(15)13(8-11)22(19,20)16-10-4-2-9(14)3-5-10/h2-8,16H,1H3. The Balaban J connectivity index is 2.47. The van der Waals surface area contributed by atoms with Crippen molar-refractivity contribution in [2.45, 2.75) is 9.79 Å². The van der Waals surface area contributed by atoms with Crippen molar-refractivity contribution >= 4 is 48.7 Å². The van der Waals surface area contributed by atoms with E-state index in [0.717, 1.165) is 12.3 Å². The predicted octanol–water partition coefficient (Wildman–Crippen LogP) is 3.20. The number of hydrogen-bond acceptors (Lipinski definition) is 4. The highest BCUT2D eigenvalue weighted by Gasteiger charge is 2.21. The molecule has 0 saturated carbocycles. The number of rotatable bonds is 4. The fraction of sp³-hybridized carbons (Fsp3) is 0.0769. The summed E-state index contributed by atoms with van der Waals surface area (Å²) >= 11 is 11.6. The summed E-state index contributed by atoms with van der Waals surface area (Å²) < 4.78 is 50.1. The number of hydrogen-bond donors (Lipinski definition) is 1. The minimum atomic E-state index is -4.03. The van der Waals surface area contributed by atoms with Crippen LogP contribution >= 0.6 is 23.2 Å². The van der Waals surface area contributed by atoms with E-state index in [4.69, 9.17) is 23.2 Å². The minimum Gasteiger partial charge on any atom is -0.280 e. The molecule has 0 aliphatic rings. The Labute approximate surface area is 138 Å². The molecule has 0 spiro atoms. The van der Waals surface area contributed by atoms with Gasteiger partial charge in [0.05, 0.1) is 9.92 Å². The van der Waals surface area contributed by atoms with Crippen molar-refractivity contribution in [3.63, 3.8) is 0 Å². The van der Waals surface area contributed by atoms with E-state index in [1.807, 2.05) is 0 Å². The second-order valence-electron chi connectivity index (χ2n) is 4.48. The van der Waals surface area contributed by atoms with Gasteiger partial charge in [0.15, 0.2) is 9.84 Å². The van der Waals surface area contributed by atoms with E-state index >= 15 is 0 Å². The highest BCUT2D eigenvalue weighted by Crippen LogP contribution is 2.27. The molecule has 118 valence electrons. The Kier molecular flexibility index (Phi) is 4.72. The normalized spacial score (nSPS) is 12.1. The Morgan fingerprint density at radius 3 is 2.05 bits per heavy atom. The molecule has 0 atom stereocenters. The Morgan fingerprint density at radius 1 is 0.909 bits per heavy atom. The summed E-state index contributed by atoms with van der Waals surface area (Å²) in [5, 5.41) is 0.383. The van der Waals surface area contributed by atoms with Crippen LogP contribution in [0.5, 0.6) is 0 Å². The number of sulfone groups is 1. The van der Waals surface area contributed by atoms with E-state index in [0.29, 0.717) is 5.02 Å². The number of nitrogens with one attached hydrogen (secondary N) is 1. The molecule has 0 fully saturated rings. The molecule has 0 amide bonds. The minimum absolute atomic E-state index is 0.0751. The summed E-state index contributed by atoms with van der Waals surface area (Å²) in [4.78, 5) is -0.444. The molecule has 22 heavy (non-hydrogen) atoms. The van der Waals surface area contributed by atoms with E-state index in [9.17, 15) is 16.8 Å². The Bertz CT molecular complexity index is 908. The van der Waals surface area contributed by atoms with Crippen molar-refractivity contribution in [1.82, 2.24) is 0 Å². The monoisotopic (exact) mass is 379 g/mol. The molecule has 0 aliphatic carbocycles. The summed E-state index contributed by atoms with van der Waals surface area (Å²) in [6.45, 7) is 0. The lowest BCUT2D eigenvalue weighted by Gasteiger charge is -2.10. The van der Waals surface area contributed by atoms with Gasteiger partial charge in [-0.15, -0.1) is 0 Å². The lowest BCUT2D eigenvalue weighted by molar-refractivity contribution is 0.600. The van der Waals surface area contributed by atoms with E-state index < -0.39 is 19.9 Å². The molecular weight excluding hydrogens is 369 g/mol. The summed E-state index contributed by atoms with van der Waals surface area (Å²) in [7, 11) is -7.58. The van der Waals surface area contributed by atoms with Gasteiger partial charge in [0.1, 0.15) is 4.90 Å². The lowest BCUT2D eigenvalue weighted by atomic mass is 10.3. The second kappa shape index (κ2) is 6.08. The molecule has 0 aliphatic heterocycles. The molecular formula is C13H11Cl2NO4S2. The van der Waals surface area contributed by atoms with Gasteiger partial charge in [-0.3, -0.25) is 4.72 Å². The van der Waals surface area contributed by atoms with Gasteiger partial charge in [0.2, 0.25) is 0 Å². The van der Waals surface area contributed by atoms with E-state index in [1.54, 1.807) is 0 Å². The number of benzene rings is 2. The van der Waals surface area contributed by atoms with Crippen LogP contribution in [0.15, 0.2) is 52.3 Å². The van der Waals surface area contributed by atoms with Crippen molar-refractivity contribution < 1.29 is 16.8 Å². The summed E-state index contributed by atoms with van der Waals surface area (Å²) in [5.74, 6) is 0. The maximum absolute atomic E-state index is 12.4. The quantitative estimate of drug-likeness (QED) is 0.884. The molecule has 0 unspecified atom stereocenters. The molecule has 0 radical (unpaired) electrons. The third-order valence-corrected chi connectivity index (χ3v) is 5.94. The summed E-state index contributed by atoms with van der Waals surface area (Å²) in [5.41, 5.74) is 0.283. The SMILES string of the molecule is CS(=O)(=O)c1ccc(Cl)c(S(=O)(=O)Nc2ccc(Cl)cc2)c1. The zero-order valence-electron chi connectivity index (χ0n) is 11.2. The molecule has 2 aromatic carbocycles. The highest BCUT2D eigenvalue weighted by molar-refractivity contribution is 7.93. The third-order valence-electron chi connectivity index (χ3n) is 2.72. The molecule has 0 bridgehead atoms. The first kappa shape index (κ1) is 17.1. The molecule has 1 N–H and O–H groups in total. The van der Waals surface area contributed by atoms with E-state index in [1.165, 1.54) is 36.4 Å². The average Bonchev–Trinajstić information content (AvgIpc) is 2.40. The third kappa shape index (κ3) is 3.92. The van der Waals surface area contributed by atoms with Crippen LogP contribution in [0.1, 0.15) is 0 Å².